The van der Waals surface area contributed by atoms with Gasteiger partial charge in [0.15, 0.2) is 15.9 Å². The zero-order valence-corrected chi connectivity index (χ0v) is 15.7. The predicted molar refractivity (Wildman–Crippen MR) is 96.7 cm³/mol. The fourth-order valence-electron chi connectivity index (χ4n) is 2.83. The van der Waals surface area contributed by atoms with Crippen LogP contribution in [0.15, 0.2) is 24.3 Å². The maximum atomic E-state index is 12.5. The SMILES string of the molecule is C[C@@H](OC(=O)c1ccccc1NCCO)C(=O)N(C)[C@@H]1CCS(=O)(=O)C1. The van der Waals surface area contributed by atoms with Crippen molar-refractivity contribution in [1.82, 2.24) is 4.90 Å². The highest BCUT2D eigenvalue weighted by atomic mass is 32.2. The average Bonchev–Trinajstić information content (AvgIpc) is 2.98. The molecule has 1 amide bonds. The van der Waals surface area contributed by atoms with Crippen LogP contribution in [-0.2, 0) is 19.4 Å². The zero-order valence-electron chi connectivity index (χ0n) is 14.8. The first kappa shape index (κ1) is 20.2. The Kier molecular flexibility index (Phi) is 6.60. The van der Waals surface area contributed by atoms with Gasteiger partial charge in [0.2, 0.25) is 0 Å². The van der Waals surface area contributed by atoms with E-state index in [1.807, 2.05) is 0 Å². The van der Waals surface area contributed by atoms with Crippen molar-refractivity contribution in [2.24, 2.45) is 0 Å². The van der Waals surface area contributed by atoms with Crippen molar-refractivity contribution in [3.63, 3.8) is 0 Å². The van der Waals surface area contributed by atoms with E-state index in [-0.39, 0.29) is 30.2 Å². The lowest BCUT2D eigenvalue weighted by atomic mass is 10.1. The molecule has 8 nitrogen and oxygen atoms in total. The summed E-state index contributed by atoms with van der Waals surface area (Å²) in [6, 6.07) is 6.25. The van der Waals surface area contributed by atoms with Crippen LogP contribution < -0.4 is 5.32 Å². The Bertz CT molecular complexity index is 764. The number of aliphatic hydroxyl groups is 1. The summed E-state index contributed by atoms with van der Waals surface area (Å²) in [6.07, 6.45) is -0.652. The van der Waals surface area contributed by atoms with Crippen LogP contribution in [0.5, 0.6) is 0 Å². The van der Waals surface area contributed by atoms with Gasteiger partial charge in [-0.25, -0.2) is 13.2 Å². The molecule has 0 aromatic heterocycles. The van der Waals surface area contributed by atoms with E-state index in [2.05, 4.69) is 5.32 Å². The van der Waals surface area contributed by atoms with E-state index in [0.29, 0.717) is 12.1 Å². The molecule has 1 saturated heterocycles. The Hall–Kier alpha value is -2.13. The Morgan fingerprint density at radius 3 is 2.69 bits per heavy atom. The van der Waals surface area contributed by atoms with E-state index in [9.17, 15) is 18.0 Å². The number of sulfone groups is 1. The molecule has 0 spiro atoms. The minimum atomic E-state index is -3.11. The van der Waals surface area contributed by atoms with E-state index < -0.39 is 33.9 Å². The number of esters is 1. The maximum Gasteiger partial charge on any atom is 0.341 e. The number of rotatable bonds is 7. The number of aliphatic hydroxyl groups excluding tert-OH is 1. The molecule has 1 aromatic rings. The van der Waals surface area contributed by atoms with Crippen molar-refractivity contribution in [3.8, 4) is 0 Å². The summed E-state index contributed by atoms with van der Waals surface area (Å²) in [5.74, 6) is -1.11. The largest absolute Gasteiger partial charge is 0.449 e. The molecule has 0 unspecified atom stereocenters. The highest BCUT2D eigenvalue weighted by Gasteiger charge is 2.35. The standard InChI is InChI=1S/C17H24N2O6S/c1-12(16(21)19(2)13-7-10-26(23,24)11-13)25-17(22)14-5-3-4-6-15(14)18-8-9-20/h3-6,12-13,18,20H,7-11H2,1-2H3/t12-,13-/m1/s1. The molecule has 1 fully saturated rings. The molecule has 1 aromatic carbocycles. The van der Waals surface area contributed by atoms with E-state index in [0.717, 1.165) is 0 Å². The molecule has 1 aliphatic heterocycles. The first-order valence-electron chi connectivity index (χ1n) is 8.37. The quantitative estimate of drug-likeness (QED) is 0.649. The summed E-state index contributed by atoms with van der Waals surface area (Å²) in [7, 11) is -1.59. The molecule has 26 heavy (non-hydrogen) atoms. The van der Waals surface area contributed by atoms with Gasteiger partial charge in [-0.05, 0) is 25.5 Å². The van der Waals surface area contributed by atoms with E-state index in [1.165, 1.54) is 18.9 Å². The van der Waals surface area contributed by atoms with E-state index in [1.54, 1.807) is 24.3 Å². The van der Waals surface area contributed by atoms with Gasteiger partial charge in [0.05, 0.1) is 23.7 Å². The molecule has 0 aliphatic carbocycles. The molecule has 0 saturated carbocycles. The zero-order chi connectivity index (χ0) is 19.3. The second-order valence-corrected chi connectivity index (χ2v) is 8.48. The Morgan fingerprint density at radius 2 is 2.08 bits per heavy atom. The molecule has 2 rings (SSSR count). The minimum absolute atomic E-state index is 0.0629. The number of carbonyl (C=O) groups is 2. The number of nitrogens with zero attached hydrogens (tertiary/aromatic N) is 1. The van der Waals surface area contributed by atoms with Crippen molar-refractivity contribution >= 4 is 27.4 Å². The van der Waals surface area contributed by atoms with Gasteiger partial charge in [-0.15, -0.1) is 0 Å². The normalized spacial score (nSPS) is 19.6. The van der Waals surface area contributed by atoms with Gasteiger partial charge in [0, 0.05) is 25.3 Å². The number of hydrogen-bond acceptors (Lipinski definition) is 7. The molecular weight excluding hydrogens is 360 g/mol. The van der Waals surface area contributed by atoms with Crippen molar-refractivity contribution < 1.29 is 27.9 Å². The number of carbonyl (C=O) groups excluding carboxylic acids is 2. The second kappa shape index (κ2) is 8.50. The number of amides is 1. The first-order valence-corrected chi connectivity index (χ1v) is 10.2. The summed E-state index contributed by atoms with van der Waals surface area (Å²) in [6.45, 7) is 1.65. The molecule has 2 N–H and O–H groups in total. The van der Waals surface area contributed by atoms with Crippen LogP contribution in [0.4, 0.5) is 5.69 Å². The smallest absolute Gasteiger partial charge is 0.341 e. The maximum absolute atomic E-state index is 12.5. The lowest BCUT2D eigenvalue weighted by Crippen LogP contribution is -2.44. The van der Waals surface area contributed by atoms with E-state index in [4.69, 9.17) is 9.84 Å². The molecule has 1 heterocycles. The van der Waals surface area contributed by atoms with Crippen molar-refractivity contribution in [1.29, 1.82) is 0 Å². The molecule has 0 bridgehead atoms. The van der Waals surface area contributed by atoms with Crippen LogP contribution in [0.1, 0.15) is 23.7 Å². The Balaban J connectivity index is 2.01. The number of benzene rings is 1. The monoisotopic (exact) mass is 384 g/mol. The van der Waals surface area contributed by atoms with Gasteiger partial charge >= 0.3 is 5.97 Å². The number of anilines is 1. The third-order valence-corrected chi connectivity index (χ3v) is 6.06. The van der Waals surface area contributed by atoms with Crippen LogP contribution in [0, 0.1) is 0 Å². The molecule has 0 radical (unpaired) electrons. The fourth-order valence-corrected chi connectivity index (χ4v) is 4.60. The molecular formula is C17H24N2O6S. The van der Waals surface area contributed by atoms with Crippen LogP contribution in [0.25, 0.3) is 0 Å². The lowest BCUT2D eigenvalue weighted by molar-refractivity contribution is -0.140. The van der Waals surface area contributed by atoms with E-state index >= 15 is 0 Å². The summed E-state index contributed by atoms with van der Waals surface area (Å²) in [5.41, 5.74) is 0.758. The third-order valence-electron chi connectivity index (χ3n) is 4.31. The van der Waals surface area contributed by atoms with Gasteiger partial charge in [-0.2, -0.15) is 0 Å². The lowest BCUT2D eigenvalue weighted by Gasteiger charge is -2.26. The van der Waals surface area contributed by atoms with Gasteiger partial charge in [-0.1, -0.05) is 12.1 Å². The van der Waals surface area contributed by atoms with Crippen molar-refractivity contribution in [3.05, 3.63) is 29.8 Å². The fraction of sp³-hybridized carbons (Fsp3) is 0.529. The average molecular weight is 384 g/mol. The van der Waals surface area contributed by atoms with Crippen molar-refractivity contribution in [2.45, 2.75) is 25.5 Å². The highest BCUT2D eigenvalue weighted by molar-refractivity contribution is 7.91. The minimum Gasteiger partial charge on any atom is -0.449 e. The number of ether oxygens (including phenoxy) is 1. The summed E-state index contributed by atoms with van der Waals surface area (Å²) in [5, 5.41) is 11.8. The molecule has 144 valence electrons. The number of hydrogen-bond donors (Lipinski definition) is 2. The third kappa shape index (κ3) is 4.95. The van der Waals surface area contributed by atoms with Crippen LogP contribution in [-0.4, -0.2) is 74.2 Å². The number of likely N-dealkylation sites (N-methyl/N-ethyl adjacent to an activating group) is 1. The Morgan fingerprint density at radius 1 is 1.38 bits per heavy atom. The van der Waals surface area contributed by atoms with Crippen LogP contribution in [0.3, 0.4) is 0 Å². The number of para-hydroxylation sites is 1. The van der Waals surface area contributed by atoms with Gasteiger partial charge in [0.25, 0.3) is 5.91 Å². The Labute approximate surface area is 153 Å². The van der Waals surface area contributed by atoms with Gasteiger partial charge in [0.1, 0.15) is 0 Å². The first-order chi connectivity index (χ1) is 12.2. The topological polar surface area (TPSA) is 113 Å². The summed E-state index contributed by atoms with van der Waals surface area (Å²) >= 11 is 0. The van der Waals surface area contributed by atoms with Crippen LogP contribution >= 0.6 is 0 Å². The highest BCUT2D eigenvalue weighted by Crippen LogP contribution is 2.19. The predicted octanol–water partition coefficient (Wildman–Crippen LogP) is 0.282. The van der Waals surface area contributed by atoms with Crippen LogP contribution in [0.2, 0.25) is 0 Å². The molecule has 2 atom stereocenters. The summed E-state index contributed by atoms with van der Waals surface area (Å²) in [4.78, 5) is 26.2. The van der Waals surface area contributed by atoms with Gasteiger partial charge < -0.3 is 20.1 Å². The van der Waals surface area contributed by atoms with Gasteiger partial charge in [-0.3, -0.25) is 4.79 Å². The molecule has 9 heteroatoms. The number of nitrogens with one attached hydrogen (secondary N) is 1. The second-order valence-electron chi connectivity index (χ2n) is 6.25. The van der Waals surface area contributed by atoms with Crippen molar-refractivity contribution in [2.75, 3.05) is 37.0 Å². The summed E-state index contributed by atoms with van der Waals surface area (Å²) < 4.78 is 28.4. The molecule has 1 aliphatic rings.